The Morgan fingerprint density at radius 2 is 1.58 bits per heavy atom. The lowest BCUT2D eigenvalue weighted by atomic mass is 9.71. The molecule has 0 radical (unpaired) electrons. The first-order chi connectivity index (χ1) is 18.8. The van der Waals surface area contributed by atoms with Gasteiger partial charge >= 0.3 is 0 Å². The maximum Gasteiger partial charge on any atom is 0.0750 e. The fraction of sp³-hybridized carbons (Fsp3) is 0.400. The van der Waals surface area contributed by atoms with Gasteiger partial charge in [0.2, 0.25) is 0 Å². The molecule has 5 rings (SSSR count). The third kappa shape index (κ3) is 6.04. The zero-order valence-electron chi connectivity index (χ0n) is 23.0. The molecular weight excluding hydrogens is 462 g/mol. The van der Waals surface area contributed by atoms with E-state index in [9.17, 15) is 0 Å². The van der Waals surface area contributed by atoms with Crippen LogP contribution in [0, 0.1) is 5.92 Å². The summed E-state index contributed by atoms with van der Waals surface area (Å²) in [5.41, 5.74) is 8.48. The van der Waals surface area contributed by atoms with E-state index in [2.05, 4.69) is 85.6 Å². The summed E-state index contributed by atoms with van der Waals surface area (Å²) in [7, 11) is 0. The molecular formula is C35H41N3. The third-order valence-electron chi connectivity index (χ3n) is 8.00. The number of nitrogens with zero attached hydrogens (tertiary/aromatic N) is 3. The molecule has 2 aliphatic carbocycles. The maximum absolute atomic E-state index is 5.39. The largest absolute Gasteiger partial charge is 0.265 e. The molecule has 3 atom stereocenters. The van der Waals surface area contributed by atoms with Gasteiger partial charge in [0.05, 0.1) is 28.9 Å². The third-order valence-corrected chi connectivity index (χ3v) is 8.00. The van der Waals surface area contributed by atoms with E-state index >= 15 is 0 Å². The SMILES string of the molecule is CCCCCCCCCc1cnc2c(n1)C(C1=C/C=C/CC(C)/C=C\1)c1ccccc1C2c1ccncc1. The highest BCUT2D eigenvalue weighted by molar-refractivity contribution is 5.58. The summed E-state index contributed by atoms with van der Waals surface area (Å²) in [5.74, 6) is 0.660. The Hall–Kier alpha value is -3.33. The van der Waals surface area contributed by atoms with E-state index in [1.54, 1.807) is 0 Å². The van der Waals surface area contributed by atoms with Gasteiger partial charge < -0.3 is 0 Å². The highest BCUT2D eigenvalue weighted by Crippen LogP contribution is 2.47. The molecule has 2 aliphatic rings. The molecule has 0 saturated carbocycles. The molecule has 0 bridgehead atoms. The van der Waals surface area contributed by atoms with Gasteiger partial charge in [0, 0.05) is 18.6 Å². The van der Waals surface area contributed by atoms with Crippen LogP contribution >= 0.6 is 0 Å². The zero-order chi connectivity index (χ0) is 26.2. The summed E-state index contributed by atoms with van der Waals surface area (Å²) in [6.45, 7) is 4.56. The second-order valence-electron chi connectivity index (χ2n) is 10.9. The number of unbranched alkanes of at least 4 members (excludes halogenated alkanes) is 6. The van der Waals surface area contributed by atoms with Crippen LogP contribution in [0.25, 0.3) is 0 Å². The van der Waals surface area contributed by atoms with E-state index < -0.39 is 0 Å². The molecule has 0 spiro atoms. The standard InChI is InChI=1S/C35H41N3/c1-3-4-5-6-7-8-9-16-29-25-37-34-32(28-21-23-36-24-22-28)30-17-12-13-18-31(30)33(35(34)38-29)27-15-11-10-14-26(2)19-20-27/h10-13,15,17-26,32-33H,3-9,14,16H2,1-2H3/b11-10+,20-19-,27-15+. The van der Waals surface area contributed by atoms with Gasteiger partial charge in [-0.25, -0.2) is 0 Å². The van der Waals surface area contributed by atoms with Crippen molar-refractivity contribution in [3.8, 4) is 0 Å². The van der Waals surface area contributed by atoms with Crippen molar-refractivity contribution < 1.29 is 0 Å². The van der Waals surface area contributed by atoms with Gasteiger partial charge in [0.15, 0.2) is 0 Å². The van der Waals surface area contributed by atoms with Crippen LogP contribution in [0.15, 0.2) is 90.9 Å². The van der Waals surface area contributed by atoms with Gasteiger partial charge in [-0.2, -0.15) is 0 Å². The van der Waals surface area contributed by atoms with Crippen LogP contribution in [0.1, 0.15) is 111 Å². The minimum absolute atomic E-state index is 0.0631. The first kappa shape index (κ1) is 26.3. The van der Waals surface area contributed by atoms with Crippen LogP contribution in [0.5, 0.6) is 0 Å². The summed E-state index contributed by atoms with van der Waals surface area (Å²) in [6, 6.07) is 13.1. The predicted molar refractivity (Wildman–Crippen MR) is 157 cm³/mol. The number of aromatic nitrogens is 3. The van der Waals surface area contributed by atoms with Crippen molar-refractivity contribution in [2.45, 2.75) is 83.5 Å². The van der Waals surface area contributed by atoms with Gasteiger partial charge in [-0.05, 0) is 59.6 Å². The number of hydrogen-bond donors (Lipinski definition) is 0. The summed E-state index contributed by atoms with van der Waals surface area (Å²) in [4.78, 5) is 14.8. The van der Waals surface area contributed by atoms with E-state index in [0.717, 1.165) is 29.9 Å². The molecule has 0 fully saturated rings. The molecule has 0 saturated heterocycles. The Morgan fingerprint density at radius 1 is 0.842 bits per heavy atom. The van der Waals surface area contributed by atoms with E-state index in [4.69, 9.17) is 9.97 Å². The summed E-state index contributed by atoms with van der Waals surface area (Å²) >= 11 is 0. The van der Waals surface area contributed by atoms with Crippen LogP contribution in [0.4, 0.5) is 0 Å². The van der Waals surface area contributed by atoms with E-state index in [1.165, 1.54) is 67.2 Å². The highest BCUT2D eigenvalue weighted by atomic mass is 14.8. The normalized spacial score (nSPS) is 23.3. The molecule has 1 aromatic carbocycles. The number of fused-ring (bicyclic) bond motifs is 2. The minimum Gasteiger partial charge on any atom is -0.265 e. The lowest BCUT2D eigenvalue weighted by molar-refractivity contribution is 0.585. The number of allylic oxidation sites excluding steroid dienone is 6. The van der Waals surface area contributed by atoms with Gasteiger partial charge in [-0.15, -0.1) is 0 Å². The quantitative estimate of drug-likeness (QED) is 0.259. The maximum atomic E-state index is 5.39. The lowest BCUT2D eigenvalue weighted by Gasteiger charge is -2.34. The van der Waals surface area contributed by atoms with E-state index in [1.807, 2.05) is 18.6 Å². The second kappa shape index (κ2) is 13.0. The Labute approximate surface area is 228 Å². The van der Waals surface area contributed by atoms with Gasteiger partial charge in [-0.3, -0.25) is 15.0 Å². The van der Waals surface area contributed by atoms with E-state index in [0.29, 0.717) is 5.92 Å². The van der Waals surface area contributed by atoms with Crippen LogP contribution in [-0.2, 0) is 6.42 Å². The van der Waals surface area contributed by atoms with Crippen molar-refractivity contribution >= 4 is 0 Å². The molecule has 0 aliphatic heterocycles. The monoisotopic (exact) mass is 503 g/mol. The minimum atomic E-state index is 0.0631. The second-order valence-corrected chi connectivity index (χ2v) is 10.9. The lowest BCUT2D eigenvalue weighted by Crippen LogP contribution is -2.23. The van der Waals surface area contributed by atoms with Gasteiger partial charge in [0.25, 0.3) is 0 Å². The van der Waals surface area contributed by atoms with Crippen LogP contribution in [0.2, 0.25) is 0 Å². The van der Waals surface area contributed by atoms with Crippen molar-refractivity contribution in [1.29, 1.82) is 0 Å². The number of pyridine rings is 1. The predicted octanol–water partition coefficient (Wildman–Crippen LogP) is 8.87. The molecule has 3 nitrogen and oxygen atoms in total. The number of benzene rings is 1. The van der Waals surface area contributed by atoms with Crippen molar-refractivity contribution in [3.63, 3.8) is 0 Å². The smallest absolute Gasteiger partial charge is 0.0750 e. The molecule has 2 heterocycles. The highest BCUT2D eigenvalue weighted by Gasteiger charge is 2.36. The number of hydrogen-bond acceptors (Lipinski definition) is 3. The molecule has 2 aromatic heterocycles. The van der Waals surface area contributed by atoms with Crippen molar-refractivity contribution in [3.05, 3.63) is 125 Å². The fourth-order valence-electron chi connectivity index (χ4n) is 5.91. The van der Waals surface area contributed by atoms with Crippen molar-refractivity contribution in [1.82, 2.24) is 15.0 Å². The van der Waals surface area contributed by atoms with Crippen LogP contribution < -0.4 is 0 Å². The average Bonchev–Trinajstić information content (AvgIpc) is 2.94. The molecule has 0 amide bonds. The molecule has 3 aromatic rings. The van der Waals surface area contributed by atoms with Gasteiger partial charge in [-0.1, -0.05) is 107 Å². The summed E-state index contributed by atoms with van der Waals surface area (Å²) in [6.07, 6.45) is 28.5. The average molecular weight is 504 g/mol. The van der Waals surface area contributed by atoms with Crippen LogP contribution in [0.3, 0.4) is 0 Å². The number of aryl methyl sites for hydroxylation is 1. The first-order valence-corrected chi connectivity index (χ1v) is 14.7. The number of rotatable bonds is 10. The molecule has 196 valence electrons. The Balaban J connectivity index is 1.53. The summed E-state index contributed by atoms with van der Waals surface area (Å²) in [5, 5.41) is 0. The van der Waals surface area contributed by atoms with Crippen molar-refractivity contribution in [2.75, 3.05) is 0 Å². The zero-order valence-corrected chi connectivity index (χ0v) is 23.0. The van der Waals surface area contributed by atoms with Gasteiger partial charge in [0.1, 0.15) is 0 Å². The molecule has 38 heavy (non-hydrogen) atoms. The first-order valence-electron chi connectivity index (χ1n) is 14.7. The Morgan fingerprint density at radius 3 is 2.37 bits per heavy atom. The molecule has 3 heteroatoms. The molecule has 0 N–H and O–H groups in total. The van der Waals surface area contributed by atoms with Crippen LogP contribution in [-0.4, -0.2) is 15.0 Å². The van der Waals surface area contributed by atoms with Crippen molar-refractivity contribution in [2.24, 2.45) is 5.92 Å². The Kier molecular flexibility index (Phi) is 8.96. The molecule has 3 unspecified atom stereocenters. The van der Waals surface area contributed by atoms with E-state index in [-0.39, 0.29) is 11.8 Å². The Bertz CT molecular complexity index is 1290. The topological polar surface area (TPSA) is 38.7 Å². The fourth-order valence-corrected chi connectivity index (χ4v) is 5.91. The summed E-state index contributed by atoms with van der Waals surface area (Å²) < 4.78 is 0.